The number of ether oxygens (including phenoxy) is 2. The number of cyclic esters (lactones) is 2. The zero-order valence-corrected chi connectivity index (χ0v) is 16.0. The van der Waals surface area contributed by atoms with Crippen LogP contribution in [0.3, 0.4) is 0 Å². The Hall–Kier alpha value is -2.62. The lowest BCUT2D eigenvalue weighted by Gasteiger charge is -2.19. The average Bonchev–Trinajstić information content (AvgIpc) is 2.66. The third-order valence-electron chi connectivity index (χ3n) is 3.79. The molecule has 0 fully saturated rings. The molecule has 0 aromatic carbocycles. The second-order valence-corrected chi connectivity index (χ2v) is 6.79. The summed E-state index contributed by atoms with van der Waals surface area (Å²) >= 11 is 1.20. The molecule has 2 bridgehead atoms. The van der Waals surface area contributed by atoms with Crippen molar-refractivity contribution in [2.75, 3.05) is 51.9 Å². The standard InChI is InChI=1S/C17H21N3O6S/c1-19-6-8-25-16(23)12-4-3-5-13(18-12)17(24)26-9-7-20(2)15(22)11-27-10-14(19)21/h3-5H,6-11H2,1-2H3. The smallest absolute Gasteiger partial charge is 0.357 e. The highest BCUT2D eigenvalue weighted by molar-refractivity contribution is 8.00. The quantitative estimate of drug-likeness (QED) is 0.568. The number of thioether (sulfide) groups is 1. The third kappa shape index (κ3) is 6.24. The number of fused-ring (bicyclic) bond motifs is 2. The number of nitrogens with zero attached hydrogens (tertiary/aromatic N) is 3. The molecule has 0 spiro atoms. The summed E-state index contributed by atoms with van der Waals surface area (Å²) in [6, 6.07) is 4.35. The lowest BCUT2D eigenvalue weighted by molar-refractivity contribution is -0.127. The van der Waals surface area contributed by atoms with Gasteiger partial charge in [0.05, 0.1) is 24.6 Å². The Morgan fingerprint density at radius 3 is 1.74 bits per heavy atom. The molecule has 0 saturated carbocycles. The molecule has 2 rings (SSSR count). The van der Waals surface area contributed by atoms with Gasteiger partial charge in [-0.3, -0.25) is 9.59 Å². The molecule has 1 aliphatic heterocycles. The van der Waals surface area contributed by atoms with Crippen LogP contribution in [-0.2, 0) is 19.1 Å². The van der Waals surface area contributed by atoms with Crippen molar-refractivity contribution in [3.8, 4) is 0 Å². The van der Waals surface area contributed by atoms with Crippen molar-refractivity contribution in [2.45, 2.75) is 0 Å². The van der Waals surface area contributed by atoms with Gasteiger partial charge in [-0.25, -0.2) is 14.6 Å². The van der Waals surface area contributed by atoms with Crippen molar-refractivity contribution >= 4 is 35.5 Å². The molecule has 0 unspecified atom stereocenters. The van der Waals surface area contributed by atoms with E-state index >= 15 is 0 Å². The Labute approximate surface area is 161 Å². The first-order valence-electron chi connectivity index (χ1n) is 8.25. The molecule has 1 aromatic heterocycles. The van der Waals surface area contributed by atoms with Crippen molar-refractivity contribution in [2.24, 2.45) is 0 Å². The topological polar surface area (TPSA) is 106 Å². The molecule has 0 radical (unpaired) electrons. The molecule has 2 amide bonds. The van der Waals surface area contributed by atoms with Crippen LogP contribution in [0.25, 0.3) is 0 Å². The lowest BCUT2D eigenvalue weighted by atomic mass is 10.3. The third-order valence-corrected chi connectivity index (χ3v) is 4.69. The van der Waals surface area contributed by atoms with E-state index in [1.807, 2.05) is 0 Å². The van der Waals surface area contributed by atoms with Crippen molar-refractivity contribution in [1.82, 2.24) is 14.8 Å². The number of hydrogen-bond acceptors (Lipinski definition) is 8. The number of hydrogen-bond donors (Lipinski definition) is 0. The second-order valence-electron chi connectivity index (χ2n) is 5.80. The predicted octanol–water partition coefficient (Wildman–Crippen LogP) is 0.0588. The van der Waals surface area contributed by atoms with Gasteiger partial charge in [-0.05, 0) is 12.1 Å². The number of aromatic nitrogens is 1. The minimum Gasteiger partial charge on any atom is -0.459 e. The number of amides is 2. The van der Waals surface area contributed by atoms with Gasteiger partial charge in [0.2, 0.25) is 11.8 Å². The minimum atomic E-state index is -0.689. The van der Waals surface area contributed by atoms with Gasteiger partial charge in [0, 0.05) is 14.1 Å². The minimum absolute atomic E-state index is 0.0102. The van der Waals surface area contributed by atoms with Crippen LogP contribution < -0.4 is 0 Å². The fraction of sp³-hybridized carbons (Fsp3) is 0.471. The molecular weight excluding hydrogens is 374 g/mol. The second kappa shape index (κ2) is 9.91. The highest BCUT2D eigenvalue weighted by Crippen LogP contribution is 2.06. The van der Waals surface area contributed by atoms with Crippen molar-refractivity contribution in [3.63, 3.8) is 0 Å². The summed E-state index contributed by atoms with van der Waals surface area (Å²) in [5.74, 6) is -1.42. The van der Waals surface area contributed by atoms with E-state index in [4.69, 9.17) is 9.47 Å². The van der Waals surface area contributed by atoms with Crippen LogP contribution in [0.4, 0.5) is 0 Å². The Morgan fingerprint density at radius 2 is 1.30 bits per heavy atom. The van der Waals surface area contributed by atoms with Gasteiger partial charge in [0.25, 0.3) is 0 Å². The molecule has 0 saturated heterocycles. The van der Waals surface area contributed by atoms with Crippen LogP contribution in [0.15, 0.2) is 18.2 Å². The van der Waals surface area contributed by atoms with Gasteiger partial charge in [-0.1, -0.05) is 6.07 Å². The van der Waals surface area contributed by atoms with E-state index < -0.39 is 11.9 Å². The molecule has 0 N–H and O–H groups in total. The maximum atomic E-state index is 12.1. The molecule has 2 heterocycles. The van der Waals surface area contributed by atoms with Crippen molar-refractivity contribution in [3.05, 3.63) is 29.6 Å². The summed E-state index contributed by atoms with van der Waals surface area (Å²) in [6.45, 7) is 0.398. The van der Waals surface area contributed by atoms with Crippen LogP contribution in [0.5, 0.6) is 0 Å². The summed E-state index contributed by atoms with van der Waals surface area (Å²) in [5.41, 5.74) is -0.0511. The van der Waals surface area contributed by atoms with E-state index in [2.05, 4.69) is 4.98 Å². The monoisotopic (exact) mass is 395 g/mol. The number of pyridine rings is 1. The number of carbonyl (C=O) groups excluding carboxylic acids is 4. The van der Waals surface area contributed by atoms with Crippen LogP contribution in [0, 0.1) is 0 Å². The first-order chi connectivity index (χ1) is 12.9. The molecule has 10 heteroatoms. The molecule has 27 heavy (non-hydrogen) atoms. The van der Waals surface area contributed by atoms with Gasteiger partial charge >= 0.3 is 11.9 Å². The highest BCUT2D eigenvalue weighted by atomic mass is 32.2. The Balaban J connectivity index is 2.11. The van der Waals surface area contributed by atoms with E-state index in [-0.39, 0.29) is 61.0 Å². The lowest BCUT2D eigenvalue weighted by Crippen LogP contribution is -2.34. The molecular formula is C17H21N3O6S. The fourth-order valence-electron chi connectivity index (χ4n) is 2.06. The number of rotatable bonds is 0. The molecule has 146 valence electrons. The molecule has 1 aliphatic rings. The van der Waals surface area contributed by atoms with E-state index in [1.54, 1.807) is 14.1 Å². The normalized spacial score (nSPS) is 18.4. The Bertz CT molecular complexity index is 671. The first kappa shape index (κ1) is 20.7. The van der Waals surface area contributed by atoms with Crippen molar-refractivity contribution < 1.29 is 28.7 Å². The maximum Gasteiger partial charge on any atom is 0.357 e. The zero-order chi connectivity index (χ0) is 19.8. The molecule has 0 atom stereocenters. The number of carbonyl (C=O) groups is 4. The predicted molar refractivity (Wildman–Crippen MR) is 97.4 cm³/mol. The highest BCUT2D eigenvalue weighted by Gasteiger charge is 2.17. The van der Waals surface area contributed by atoms with Gasteiger partial charge in [-0.2, -0.15) is 0 Å². The fourth-order valence-corrected chi connectivity index (χ4v) is 2.95. The summed E-state index contributed by atoms with van der Waals surface area (Å²) < 4.78 is 10.2. The van der Waals surface area contributed by atoms with Gasteiger partial charge in [0.1, 0.15) is 24.6 Å². The van der Waals surface area contributed by atoms with Crippen LogP contribution in [0.2, 0.25) is 0 Å². The maximum absolute atomic E-state index is 12.1. The summed E-state index contributed by atoms with van der Waals surface area (Å²) in [5, 5.41) is 0. The first-order valence-corrected chi connectivity index (χ1v) is 9.41. The largest absolute Gasteiger partial charge is 0.459 e. The summed E-state index contributed by atoms with van der Waals surface area (Å²) in [4.78, 5) is 55.0. The summed E-state index contributed by atoms with van der Waals surface area (Å²) in [6.07, 6.45) is 0. The Kier molecular flexibility index (Phi) is 7.59. The van der Waals surface area contributed by atoms with E-state index in [1.165, 1.54) is 39.8 Å². The van der Waals surface area contributed by atoms with Crippen LogP contribution >= 0.6 is 11.8 Å². The number of likely N-dealkylation sites (N-methyl/N-ethyl adjacent to an activating group) is 2. The average molecular weight is 395 g/mol. The summed E-state index contributed by atoms with van der Waals surface area (Å²) in [7, 11) is 3.19. The van der Waals surface area contributed by atoms with Crippen molar-refractivity contribution in [1.29, 1.82) is 0 Å². The number of esters is 2. The van der Waals surface area contributed by atoms with Gasteiger partial charge in [0.15, 0.2) is 0 Å². The van der Waals surface area contributed by atoms with Gasteiger partial charge in [-0.15, -0.1) is 11.8 Å². The zero-order valence-electron chi connectivity index (χ0n) is 15.2. The molecule has 0 aliphatic carbocycles. The van der Waals surface area contributed by atoms with E-state index in [0.717, 1.165) is 0 Å². The van der Waals surface area contributed by atoms with Crippen LogP contribution in [0.1, 0.15) is 21.0 Å². The van der Waals surface area contributed by atoms with E-state index in [9.17, 15) is 19.2 Å². The molecule has 1 aromatic rings. The molecule has 9 nitrogen and oxygen atoms in total. The van der Waals surface area contributed by atoms with Crippen LogP contribution in [-0.4, -0.2) is 90.4 Å². The van der Waals surface area contributed by atoms with Gasteiger partial charge < -0.3 is 19.3 Å². The SMILES string of the molecule is CN1CCOC(=O)c2cccc(n2)C(=O)OCCN(C)C(=O)CSCC1=O. The Morgan fingerprint density at radius 1 is 0.852 bits per heavy atom. The van der Waals surface area contributed by atoms with E-state index in [0.29, 0.717) is 0 Å².